The molecule has 0 aliphatic heterocycles. The van der Waals surface area contributed by atoms with Gasteiger partial charge in [-0.3, -0.25) is 14.9 Å². The Morgan fingerprint density at radius 2 is 1.98 bits per heavy atom. The van der Waals surface area contributed by atoms with Crippen LogP contribution in [-0.2, 0) is 4.79 Å². The number of aromatic nitrogens is 8. The van der Waals surface area contributed by atoms with Gasteiger partial charge < -0.3 is 14.9 Å². The van der Waals surface area contributed by atoms with Gasteiger partial charge >= 0.3 is 0 Å². The molecule has 0 saturated heterocycles. The van der Waals surface area contributed by atoms with Gasteiger partial charge in [0.25, 0.3) is 0 Å². The summed E-state index contributed by atoms with van der Waals surface area (Å²) in [6, 6.07) is 6.97. The number of imidazole rings is 2. The van der Waals surface area contributed by atoms with Gasteiger partial charge in [0.1, 0.15) is 16.7 Å². The monoisotopic (exact) mass is 535 g/mol. The van der Waals surface area contributed by atoms with Gasteiger partial charge in [-0.25, -0.2) is 19.3 Å². The molecule has 3 N–H and O–H groups in total. The summed E-state index contributed by atoms with van der Waals surface area (Å²) in [7, 11) is 0. The molecule has 1 amide bonds. The van der Waals surface area contributed by atoms with Crippen molar-refractivity contribution < 1.29 is 9.18 Å². The van der Waals surface area contributed by atoms with Gasteiger partial charge in [0.15, 0.2) is 17.3 Å². The molecule has 0 unspecified atom stereocenters. The number of fused-ring (bicyclic) bond motifs is 2. The van der Waals surface area contributed by atoms with Crippen LogP contribution in [0.15, 0.2) is 55.4 Å². The standard InChI is InChI=1S/C29H26FN9O/c1-16-14-39(15-33-16)23-7-8-32-27-26(23)35-28(36-27)25-21-10-18(11-22(30)24(21)37-38-25)19-9-20(13-31-12-19)34-29(40)17-5-3-2-4-6-17/h7-15,17H,2-6H2,1H3,(H,34,40)(H,37,38)(H,32,35,36). The molecule has 0 radical (unpaired) electrons. The van der Waals surface area contributed by atoms with E-state index in [1.807, 2.05) is 35.9 Å². The molecule has 200 valence electrons. The number of pyridine rings is 2. The highest BCUT2D eigenvalue weighted by Crippen LogP contribution is 2.33. The Balaban J connectivity index is 1.25. The summed E-state index contributed by atoms with van der Waals surface area (Å²) >= 11 is 0. The van der Waals surface area contributed by atoms with Gasteiger partial charge in [0.2, 0.25) is 5.91 Å². The van der Waals surface area contributed by atoms with Crippen LogP contribution in [0.4, 0.5) is 10.1 Å². The molecular formula is C29H26FN9O. The normalized spacial score (nSPS) is 14.2. The van der Waals surface area contributed by atoms with E-state index in [1.165, 1.54) is 12.5 Å². The molecule has 40 heavy (non-hydrogen) atoms. The number of benzene rings is 1. The lowest BCUT2D eigenvalue weighted by Gasteiger charge is -2.20. The van der Waals surface area contributed by atoms with Crippen molar-refractivity contribution in [3.63, 3.8) is 0 Å². The minimum atomic E-state index is -0.476. The molecule has 11 heteroatoms. The molecule has 10 nitrogen and oxygen atoms in total. The first kappa shape index (κ1) is 24.1. The van der Waals surface area contributed by atoms with Gasteiger partial charge in [-0.05, 0) is 49.6 Å². The van der Waals surface area contributed by atoms with E-state index in [4.69, 9.17) is 0 Å². The van der Waals surface area contributed by atoms with Crippen molar-refractivity contribution in [2.45, 2.75) is 39.0 Å². The van der Waals surface area contributed by atoms with Gasteiger partial charge in [-0.1, -0.05) is 19.3 Å². The second-order valence-corrected chi connectivity index (χ2v) is 10.3. The van der Waals surface area contributed by atoms with Crippen LogP contribution in [0.25, 0.3) is 50.4 Å². The number of H-pyrrole nitrogens is 2. The highest BCUT2D eigenvalue weighted by molar-refractivity contribution is 5.97. The maximum Gasteiger partial charge on any atom is 0.227 e. The Hall–Kier alpha value is -4.93. The summed E-state index contributed by atoms with van der Waals surface area (Å²) in [5, 5.41) is 10.7. The Morgan fingerprint density at radius 3 is 2.80 bits per heavy atom. The van der Waals surface area contributed by atoms with E-state index in [2.05, 4.69) is 40.4 Å². The molecule has 5 aromatic heterocycles. The molecule has 0 spiro atoms. The van der Waals surface area contributed by atoms with Crippen LogP contribution < -0.4 is 5.32 Å². The van der Waals surface area contributed by atoms with E-state index in [9.17, 15) is 4.79 Å². The third-order valence-corrected chi connectivity index (χ3v) is 7.52. The number of nitrogens with zero attached hydrogens (tertiary/aromatic N) is 6. The summed E-state index contributed by atoms with van der Waals surface area (Å²) in [6.07, 6.45) is 13.8. The molecule has 1 aliphatic rings. The number of carbonyl (C=O) groups is 1. The van der Waals surface area contributed by atoms with E-state index in [-0.39, 0.29) is 17.3 Å². The molecule has 0 atom stereocenters. The van der Waals surface area contributed by atoms with Gasteiger partial charge in [-0.15, -0.1) is 0 Å². The second kappa shape index (κ2) is 9.67. The zero-order valence-electron chi connectivity index (χ0n) is 21.8. The summed E-state index contributed by atoms with van der Waals surface area (Å²) in [4.78, 5) is 33.8. The number of hydrogen-bond donors (Lipinski definition) is 3. The minimum Gasteiger partial charge on any atom is -0.334 e. The second-order valence-electron chi connectivity index (χ2n) is 10.3. The zero-order chi connectivity index (χ0) is 27.2. The summed E-state index contributed by atoms with van der Waals surface area (Å²) in [5.74, 6) is 0.0466. The number of carbonyl (C=O) groups excluding carboxylic acids is 1. The third-order valence-electron chi connectivity index (χ3n) is 7.52. The number of nitrogens with one attached hydrogen (secondary N) is 3. The fourth-order valence-electron chi connectivity index (χ4n) is 5.48. The molecule has 1 fully saturated rings. The molecule has 5 heterocycles. The van der Waals surface area contributed by atoms with Crippen molar-refractivity contribution in [1.29, 1.82) is 0 Å². The van der Waals surface area contributed by atoms with Gasteiger partial charge in [-0.2, -0.15) is 5.10 Å². The fourth-order valence-corrected chi connectivity index (χ4v) is 5.48. The van der Waals surface area contributed by atoms with Crippen molar-refractivity contribution in [1.82, 2.24) is 39.7 Å². The number of halogens is 1. The van der Waals surface area contributed by atoms with Gasteiger partial charge in [0, 0.05) is 35.5 Å². The maximum atomic E-state index is 15.3. The van der Waals surface area contributed by atoms with Crippen LogP contribution in [0, 0.1) is 18.7 Å². The quantitative estimate of drug-likeness (QED) is 0.259. The van der Waals surface area contributed by atoms with E-state index >= 15 is 4.39 Å². The SMILES string of the molecule is Cc1cn(-c2ccnc3nc(-c4[nH]nc5c(F)cc(-c6cncc(NC(=O)C7CCCCC7)c6)cc45)[nH]c23)cn1. The highest BCUT2D eigenvalue weighted by Gasteiger charge is 2.22. The van der Waals surface area contributed by atoms with Crippen LogP contribution in [-0.4, -0.2) is 45.6 Å². The predicted molar refractivity (Wildman–Crippen MR) is 149 cm³/mol. The fraction of sp³-hybridized carbons (Fsp3) is 0.241. The minimum absolute atomic E-state index is 0.0149. The van der Waals surface area contributed by atoms with Crippen molar-refractivity contribution in [3.8, 4) is 28.3 Å². The number of aromatic amines is 2. The molecule has 1 aromatic carbocycles. The van der Waals surface area contributed by atoms with Crippen molar-refractivity contribution in [2.24, 2.45) is 5.92 Å². The number of aryl methyl sites for hydroxylation is 1. The Morgan fingerprint density at radius 1 is 1.10 bits per heavy atom. The van der Waals surface area contributed by atoms with Crippen molar-refractivity contribution >= 4 is 33.7 Å². The Bertz CT molecular complexity index is 1880. The Kier molecular flexibility index (Phi) is 5.84. The predicted octanol–water partition coefficient (Wildman–Crippen LogP) is 5.72. The first-order valence-electron chi connectivity index (χ1n) is 13.3. The first-order chi connectivity index (χ1) is 19.5. The number of amides is 1. The topological polar surface area (TPSA) is 130 Å². The molecule has 6 aromatic rings. The van der Waals surface area contributed by atoms with E-state index in [0.29, 0.717) is 39.4 Å². The molecule has 1 aliphatic carbocycles. The zero-order valence-corrected chi connectivity index (χ0v) is 21.8. The van der Waals surface area contributed by atoms with Crippen LogP contribution in [0.1, 0.15) is 37.8 Å². The molecular weight excluding hydrogens is 509 g/mol. The lowest BCUT2D eigenvalue weighted by atomic mass is 9.88. The smallest absolute Gasteiger partial charge is 0.227 e. The van der Waals surface area contributed by atoms with Gasteiger partial charge in [0.05, 0.1) is 29.6 Å². The number of hydrogen-bond acceptors (Lipinski definition) is 6. The molecule has 0 bridgehead atoms. The van der Waals surface area contributed by atoms with E-state index in [1.54, 1.807) is 24.9 Å². The van der Waals surface area contributed by atoms with Crippen LogP contribution in [0.5, 0.6) is 0 Å². The largest absolute Gasteiger partial charge is 0.334 e. The average molecular weight is 536 g/mol. The van der Waals surface area contributed by atoms with E-state index < -0.39 is 5.82 Å². The summed E-state index contributed by atoms with van der Waals surface area (Å²) in [5.41, 5.74) is 5.59. The number of rotatable bonds is 5. The van der Waals surface area contributed by atoms with Crippen LogP contribution in [0.2, 0.25) is 0 Å². The first-order valence-corrected chi connectivity index (χ1v) is 13.3. The highest BCUT2D eigenvalue weighted by atomic mass is 19.1. The summed E-state index contributed by atoms with van der Waals surface area (Å²) < 4.78 is 17.2. The molecule has 1 saturated carbocycles. The van der Waals surface area contributed by atoms with Crippen molar-refractivity contribution in [3.05, 3.63) is 66.9 Å². The van der Waals surface area contributed by atoms with E-state index in [0.717, 1.165) is 42.6 Å². The average Bonchev–Trinajstić information content (AvgIpc) is 3.71. The number of anilines is 1. The van der Waals surface area contributed by atoms with Crippen molar-refractivity contribution in [2.75, 3.05) is 5.32 Å². The Labute approximate surface area is 228 Å². The lowest BCUT2D eigenvalue weighted by Crippen LogP contribution is -2.24. The summed E-state index contributed by atoms with van der Waals surface area (Å²) in [6.45, 7) is 1.92. The maximum absolute atomic E-state index is 15.3. The lowest BCUT2D eigenvalue weighted by molar-refractivity contribution is -0.120. The third kappa shape index (κ3) is 4.29. The molecule has 7 rings (SSSR count). The van der Waals surface area contributed by atoms with Crippen LogP contribution in [0.3, 0.4) is 0 Å². The van der Waals surface area contributed by atoms with Crippen LogP contribution >= 0.6 is 0 Å².